The molecular formula is C22H25N3O5. The maximum absolute atomic E-state index is 12.5. The van der Waals surface area contributed by atoms with Crippen molar-refractivity contribution >= 4 is 17.7 Å². The van der Waals surface area contributed by atoms with Crippen LogP contribution in [-0.2, 0) is 25.7 Å². The number of nitrogens with one attached hydrogen (secondary N) is 2. The molecule has 158 valence electrons. The first-order chi connectivity index (χ1) is 14.6. The van der Waals surface area contributed by atoms with E-state index in [0.717, 1.165) is 11.1 Å². The maximum Gasteiger partial charge on any atom is 0.309 e. The Bertz CT molecular complexity index is 887. The van der Waals surface area contributed by atoms with Gasteiger partial charge in [-0.25, -0.2) is 0 Å². The Labute approximate surface area is 175 Å². The van der Waals surface area contributed by atoms with E-state index in [9.17, 15) is 14.4 Å². The van der Waals surface area contributed by atoms with Gasteiger partial charge in [0.25, 0.3) is 0 Å². The molecule has 1 atom stereocenters. The third-order valence-corrected chi connectivity index (χ3v) is 4.83. The number of benzene rings is 2. The first kappa shape index (κ1) is 21.3. The largest absolute Gasteiger partial charge is 0.496 e. The highest BCUT2D eigenvalue weighted by atomic mass is 16.5. The number of hydrogen-bond acceptors (Lipinski definition) is 5. The van der Waals surface area contributed by atoms with Crippen LogP contribution in [0.25, 0.3) is 0 Å². The van der Waals surface area contributed by atoms with E-state index in [4.69, 9.17) is 9.47 Å². The van der Waals surface area contributed by atoms with Crippen LogP contribution in [-0.4, -0.2) is 56.0 Å². The van der Waals surface area contributed by atoms with Crippen molar-refractivity contribution in [1.29, 1.82) is 0 Å². The molecule has 1 fully saturated rings. The highest BCUT2D eigenvalue weighted by molar-refractivity contribution is 6.35. The van der Waals surface area contributed by atoms with Gasteiger partial charge in [0, 0.05) is 18.7 Å². The fraction of sp³-hybridized carbons (Fsp3) is 0.318. The zero-order valence-corrected chi connectivity index (χ0v) is 16.8. The number of carbonyl (C=O) groups excluding carboxylic acids is 3. The summed E-state index contributed by atoms with van der Waals surface area (Å²) in [7, 11) is 1.53. The average molecular weight is 411 g/mol. The summed E-state index contributed by atoms with van der Waals surface area (Å²) in [5, 5.41) is 4.91. The number of ether oxygens (including phenoxy) is 2. The van der Waals surface area contributed by atoms with Gasteiger partial charge in [0.2, 0.25) is 5.91 Å². The number of amides is 3. The molecule has 1 unspecified atom stereocenters. The summed E-state index contributed by atoms with van der Waals surface area (Å²) in [6.45, 7) is 1.16. The van der Waals surface area contributed by atoms with Crippen molar-refractivity contribution in [2.24, 2.45) is 0 Å². The fourth-order valence-electron chi connectivity index (χ4n) is 3.20. The molecule has 2 aromatic carbocycles. The van der Waals surface area contributed by atoms with Crippen LogP contribution in [0.4, 0.5) is 0 Å². The van der Waals surface area contributed by atoms with E-state index >= 15 is 0 Å². The van der Waals surface area contributed by atoms with Crippen LogP contribution in [0.3, 0.4) is 0 Å². The molecule has 8 heteroatoms. The lowest BCUT2D eigenvalue weighted by atomic mass is 10.1. The van der Waals surface area contributed by atoms with Crippen LogP contribution in [0.15, 0.2) is 54.6 Å². The second-order valence-electron chi connectivity index (χ2n) is 6.79. The Morgan fingerprint density at radius 3 is 2.50 bits per heavy atom. The van der Waals surface area contributed by atoms with Gasteiger partial charge >= 0.3 is 11.8 Å². The standard InChI is InChI=1S/C22H25N3O5/c1-29-18-10-6-5-9-17(18)13-23-21(27)22(28)24-14-20(26)25-11-12-30-19(15-25)16-7-3-2-4-8-16/h2-10,19H,11-15H2,1H3,(H,23,27)(H,24,28). The van der Waals surface area contributed by atoms with Gasteiger partial charge in [0.05, 0.1) is 26.8 Å². The molecule has 0 saturated carbocycles. The summed E-state index contributed by atoms with van der Waals surface area (Å²) in [5.74, 6) is -1.30. The average Bonchev–Trinajstić information content (AvgIpc) is 2.81. The van der Waals surface area contributed by atoms with Crippen molar-refractivity contribution in [3.05, 3.63) is 65.7 Å². The molecule has 1 heterocycles. The Kier molecular flexibility index (Phi) is 7.40. The summed E-state index contributed by atoms with van der Waals surface area (Å²) in [6.07, 6.45) is -0.205. The Morgan fingerprint density at radius 1 is 1.03 bits per heavy atom. The number of rotatable bonds is 6. The van der Waals surface area contributed by atoms with E-state index in [2.05, 4.69) is 10.6 Å². The Morgan fingerprint density at radius 2 is 1.73 bits per heavy atom. The van der Waals surface area contributed by atoms with E-state index in [1.165, 1.54) is 7.11 Å². The fourth-order valence-corrected chi connectivity index (χ4v) is 3.20. The number of carbonyl (C=O) groups is 3. The quantitative estimate of drug-likeness (QED) is 0.692. The molecule has 0 spiro atoms. The van der Waals surface area contributed by atoms with Crippen LogP contribution >= 0.6 is 0 Å². The monoisotopic (exact) mass is 411 g/mol. The van der Waals surface area contributed by atoms with Crippen molar-refractivity contribution < 1.29 is 23.9 Å². The number of morpholine rings is 1. The topological polar surface area (TPSA) is 97.0 Å². The molecule has 1 saturated heterocycles. The summed E-state index contributed by atoms with van der Waals surface area (Å²) in [6, 6.07) is 16.9. The van der Waals surface area contributed by atoms with Gasteiger partial charge < -0.3 is 25.0 Å². The van der Waals surface area contributed by atoms with Gasteiger partial charge in [-0.1, -0.05) is 48.5 Å². The van der Waals surface area contributed by atoms with Crippen molar-refractivity contribution in [3.63, 3.8) is 0 Å². The first-order valence-corrected chi connectivity index (χ1v) is 9.70. The predicted molar refractivity (Wildman–Crippen MR) is 110 cm³/mol. The maximum atomic E-state index is 12.5. The summed E-state index contributed by atoms with van der Waals surface area (Å²) >= 11 is 0. The van der Waals surface area contributed by atoms with E-state index < -0.39 is 11.8 Å². The molecule has 2 aromatic rings. The molecule has 0 aliphatic carbocycles. The molecule has 0 radical (unpaired) electrons. The van der Waals surface area contributed by atoms with Gasteiger partial charge in [-0.15, -0.1) is 0 Å². The minimum Gasteiger partial charge on any atom is -0.496 e. The predicted octanol–water partition coefficient (Wildman–Crippen LogP) is 1.03. The lowest BCUT2D eigenvalue weighted by molar-refractivity contribution is -0.142. The Balaban J connectivity index is 1.45. The van der Waals surface area contributed by atoms with E-state index in [0.29, 0.717) is 25.4 Å². The lowest BCUT2D eigenvalue weighted by Crippen LogP contribution is -2.48. The zero-order valence-electron chi connectivity index (χ0n) is 16.8. The van der Waals surface area contributed by atoms with Crippen LogP contribution in [0.2, 0.25) is 0 Å². The zero-order chi connectivity index (χ0) is 21.3. The first-order valence-electron chi connectivity index (χ1n) is 9.70. The van der Waals surface area contributed by atoms with Gasteiger partial charge in [0.1, 0.15) is 11.9 Å². The SMILES string of the molecule is COc1ccccc1CNC(=O)C(=O)NCC(=O)N1CCOC(c2ccccc2)C1. The molecule has 30 heavy (non-hydrogen) atoms. The highest BCUT2D eigenvalue weighted by Gasteiger charge is 2.26. The molecule has 1 aliphatic heterocycles. The van der Waals surface area contributed by atoms with E-state index in [1.54, 1.807) is 17.0 Å². The number of hydrogen-bond donors (Lipinski definition) is 2. The molecule has 3 rings (SSSR count). The number of methoxy groups -OCH3 is 1. The molecule has 0 aromatic heterocycles. The molecule has 8 nitrogen and oxygen atoms in total. The van der Waals surface area contributed by atoms with Gasteiger partial charge in [0.15, 0.2) is 0 Å². The summed E-state index contributed by atoms with van der Waals surface area (Å²) in [5.41, 5.74) is 1.74. The second-order valence-corrected chi connectivity index (χ2v) is 6.79. The number of para-hydroxylation sites is 1. The highest BCUT2D eigenvalue weighted by Crippen LogP contribution is 2.21. The molecule has 3 amide bonds. The van der Waals surface area contributed by atoms with E-state index in [-0.39, 0.29) is 25.1 Å². The minimum atomic E-state index is -0.855. The van der Waals surface area contributed by atoms with Crippen LogP contribution < -0.4 is 15.4 Å². The molecular weight excluding hydrogens is 386 g/mol. The van der Waals surface area contributed by atoms with Crippen LogP contribution in [0, 0.1) is 0 Å². The Hall–Kier alpha value is -3.39. The molecule has 1 aliphatic rings. The van der Waals surface area contributed by atoms with E-state index in [1.807, 2.05) is 42.5 Å². The van der Waals surface area contributed by atoms with Crippen LogP contribution in [0.5, 0.6) is 5.75 Å². The van der Waals surface area contributed by atoms with Gasteiger partial charge in [-0.05, 0) is 11.6 Å². The minimum absolute atomic E-state index is 0.145. The third-order valence-electron chi connectivity index (χ3n) is 4.83. The van der Waals surface area contributed by atoms with Gasteiger partial charge in [-0.3, -0.25) is 14.4 Å². The normalized spacial score (nSPS) is 15.9. The molecule has 0 bridgehead atoms. The summed E-state index contributed by atoms with van der Waals surface area (Å²) < 4.78 is 11.0. The van der Waals surface area contributed by atoms with Crippen LogP contribution in [0.1, 0.15) is 17.2 Å². The smallest absolute Gasteiger partial charge is 0.309 e. The summed E-state index contributed by atoms with van der Waals surface area (Å²) in [4.78, 5) is 38.2. The molecule has 2 N–H and O–H groups in total. The van der Waals surface area contributed by atoms with Crippen molar-refractivity contribution in [3.8, 4) is 5.75 Å². The van der Waals surface area contributed by atoms with Crippen molar-refractivity contribution in [2.75, 3.05) is 33.4 Å². The third kappa shape index (κ3) is 5.57. The van der Waals surface area contributed by atoms with Crippen molar-refractivity contribution in [2.45, 2.75) is 12.6 Å². The van der Waals surface area contributed by atoms with Crippen molar-refractivity contribution in [1.82, 2.24) is 15.5 Å². The second kappa shape index (κ2) is 10.4. The number of nitrogens with zero attached hydrogens (tertiary/aromatic N) is 1. The van der Waals surface area contributed by atoms with Gasteiger partial charge in [-0.2, -0.15) is 0 Å². The lowest BCUT2D eigenvalue weighted by Gasteiger charge is -2.33.